The molecule has 2 amide bonds. The van der Waals surface area contributed by atoms with Crippen molar-refractivity contribution in [3.63, 3.8) is 0 Å². The number of unbranched alkanes of at least 4 members (excludes halogenated alkanes) is 3. The zero-order chi connectivity index (χ0) is 23.5. The zero-order valence-electron chi connectivity index (χ0n) is 18.9. The van der Waals surface area contributed by atoms with Gasteiger partial charge in [0.1, 0.15) is 18.1 Å². The van der Waals surface area contributed by atoms with E-state index in [1.807, 2.05) is 48.7 Å². The van der Waals surface area contributed by atoms with Crippen molar-refractivity contribution in [2.45, 2.75) is 45.1 Å². The van der Waals surface area contributed by atoms with Crippen LogP contribution in [0, 0.1) is 0 Å². The summed E-state index contributed by atoms with van der Waals surface area (Å²) < 4.78 is 13.3. The summed E-state index contributed by atoms with van der Waals surface area (Å²) in [5, 5.41) is 12.5. The third kappa shape index (κ3) is 7.54. The van der Waals surface area contributed by atoms with E-state index >= 15 is 0 Å². The number of carbonyl (C=O) groups excluding carboxylic acids is 2. The fraction of sp³-hybridized carbons (Fsp3) is 0.360. The number of benzene rings is 2. The van der Waals surface area contributed by atoms with Crippen LogP contribution in [0.25, 0.3) is 10.9 Å². The number of fused-ring (bicyclic) bond motifs is 1. The molecule has 3 aromatic rings. The predicted octanol–water partition coefficient (Wildman–Crippen LogP) is 4.51. The van der Waals surface area contributed by atoms with Crippen molar-refractivity contribution in [2.24, 2.45) is 0 Å². The number of methoxy groups -OCH3 is 1. The number of nitrogens with zero attached hydrogens (tertiary/aromatic N) is 1. The van der Waals surface area contributed by atoms with E-state index in [9.17, 15) is 9.59 Å². The van der Waals surface area contributed by atoms with Crippen molar-refractivity contribution in [1.29, 1.82) is 0 Å². The van der Waals surface area contributed by atoms with Gasteiger partial charge < -0.3 is 19.4 Å². The van der Waals surface area contributed by atoms with Crippen LogP contribution in [-0.2, 0) is 16.1 Å². The average Bonchev–Trinajstić information content (AvgIpc) is 3.24. The van der Waals surface area contributed by atoms with Crippen LogP contribution in [0.15, 0.2) is 54.7 Å². The number of carbonyl (C=O) groups is 2. The van der Waals surface area contributed by atoms with E-state index in [1.165, 1.54) is 0 Å². The third-order valence-electron chi connectivity index (χ3n) is 5.40. The monoisotopic (exact) mass is 453 g/mol. The number of hydrogen-bond donors (Lipinski definition) is 3. The van der Waals surface area contributed by atoms with E-state index in [-0.39, 0.29) is 11.8 Å². The van der Waals surface area contributed by atoms with Crippen LogP contribution in [0.5, 0.6) is 11.5 Å². The van der Waals surface area contributed by atoms with E-state index in [0.29, 0.717) is 25.9 Å². The van der Waals surface area contributed by atoms with E-state index in [0.717, 1.165) is 53.9 Å². The number of aromatic nitrogens is 1. The Kier molecular flexibility index (Phi) is 9.14. The molecule has 176 valence electrons. The number of rotatable bonds is 13. The molecule has 0 atom stereocenters. The lowest BCUT2D eigenvalue weighted by Gasteiger charge is -2.10. The quantitative estimate of drug-likeness (QED) is 0.201. The van der Waals surface area contributed by atoms with Gasteiger partial charge in [0.2, 0.25) is 11.8 Å². The van der Waals surface area contributed by atoms with Gasteiger partial charge in [-0.3, -0.25) is 14.8 Å². The first-order chi connectivity index (χ1) is 16.1. The minimum atomic E-state index is -0.376. The molecule has 0 aliphatic heterocycles. The number of amides is 2. The lowest BCUT2D eigenvalue weighted by molar-refractivity contribution is -0.129. The molecule has 3 N–H and O–H groups in total. The average molecular weight is 454 g/mol. The maximum absolute atomic E-state index is 12.1. The lowest BCUT2D eigenvalue weighted by atomic mass is 10.1. The van der Waals surface area contributed by atoms with Gasteiger partial charge in [-0.15, -0.1) is 0 Å². The molecule has 8 nitrogen and oxygen atoms in total. The van der Waals surface area contributed by atoms with E-state index in [1.54, 1.807) is 12.6 Å². The van der Waals surface area contributed by atoms with Crippen molar-refractivity contribution >= 4 is 28.4 Å². The second kappa shape index (κ2) is 12.5. The summed E-state index contributed by atoms with van der Waals surface area (Å²) in [5.41, 5.74) is 3.48. The first-order valence-corrected chi connectivity index (χ1v) is 11.2. The Morgan fingerprint density at radius 1 is 0.909 bits per heavy atom. The summed E-state index contributed by atoms with van der Waals surface area (Å²) in [7, 11) is 1.66. The highest BCUT2D eigenvalue weighted by atomic mass is 16.5. The van der Waals surface area contributed by atoms with E-state index in [2.05, 4.69) is 16.0 Å². The molecule has 3 rings (SSSR count). The lowest BCUT2D eigenvalue weighted by Crippen LogP contribution is -2.17. The number of anilines is 1. The van der Waals surface area contributed by atoms with E-state index in [4.69, 9.17) is 14.7 Å². The van der Waals surface area contributed by atoms with Crippen LogP contribution < -0.4 is 20.3 Å². The molecule has 33 heavy (non-hydrogen) atoms. The molecule has 0 saturated carbocycles. The summed E-state index contributed by atoms with van der Waals surface area (Å²) in [5.74, 6) is 1.18. The molecule has 0 spiro atoms. The fourth-order valence-electron chi connectivity index (χ4n) is 3.60. The Bertz CT molecular complexity index is 1050. The van der Waals surface area contributed by atoms with Gasteiger partial charge in [0, 0.05) is 35.6 Å². The largest absolute Gasteiger partial charge is 0.497 e. The van der Waals surface area contributed by atoms with Gasteiger partial charge in [-0.25, -0.2) is 5.48 Å². The second-order valence-electron chi connectivity index (χ2n) is 7.80. The molecule has 0 saturated heterocycles. The van der Waals surface area contributed by atoms with Gasteiger partial charge >= 0.3 is 0 Å². The molecule has 2 aromatic carbocycles. The van der Waals surface area contributed by atoms with Crippen LogP contribution in [0.1, 0.15) is 38.5 Å². The summed E-state index contributed by atoms with van der Waals surface area (Å²) in [6.45, 7) is 1.25. The predicted molar refractivity (Wildman–Crippen MR) is 127 cm³/mol. The molecule has 0 aliphatic rings. The maximum Gasteiger partial charge on any atom is 0.243 e. The first kappa shape index (κ1) is 24.1. The maximum atomic E-state index is 12.1. The number of hydrogen-bond acceptors (Lipinski definition) is 5. The Balaban J connectivity index is 1.35. The van der Waals surface area contributed by atoms with Crippen LogP contribution in [0.4, 0.5) is 5.69 Å². The minimum absolute atomic E-state index is 0.0344. The highest BCUT2D eigenvalue weighted by molar-refractivity contribution is 5.90. The van der Waals surface area contributed by atoms with Gasteiger partial charge in [0.05, 0.1) is 13.7 Å². The first-order valence-electron chi connectivity index (χ1n) is 11.2. The molecular weight excluding hydrogens is 422 g/mol. The molecule has 0 unspecified atom stereocenters. The normalized spacial score (nSPS) is 10.7. The van der Waals surface area contributed by atoms with Gasteiger partial charge in [0.15, 0.2) is 0 Å². The molecule has 8 heteroatoms. The number of hydroxylamine groups is 1. The Morgan fingerprint density at radius 3 is 2.30 bits per heavy atom. The highest BCUT2D eigenvalue weighted by Gasteiger charge is 2.05. The topological polar surface area (TPSA) is 102 Å². The van der Waals surface area contributed by atoms with Crippen molar-refractivity contribution in [3.8, 4) is 11.5 Å². The SMILES string of the molecule is COc1ccc2c(ccn2CCOc2ccc(NC(=O)CCCCCCC(=O)NO)cc2)c1. The standard InChI is InChI=1S/C25H31N3O5/c1-32-22-12-13-23-19(18-22)14-15-28(23)16-17-33-21-10-8-20(9-11-21)26-24(29)6-4-2-3-5-7-25(30)27-31/h8-15,18,31H,2-7,16-17H2,1H3,(H,26,29)(H,27,30). The van der Waals surface area contributed by atoms with Crippen LogP contribution in [0.2, 0.25) is 0 Å². The molecule has 0 radical (unpaired) electrons. The van der Waals surface area contributed by atoms with Crippen molar-refractivity contribution < 1.29 is 24.3 Å². The van der Waals surface area contributed by atoms with Crippen LogP contribution >= 0.6 is 0 Å². The van der Waals surface area contributed by atoms with Crippen molar-refractivity contribution in [3.05, 3.63) is 54.7 Å². The zero-order valence-corrected chi connectivity index (χ0v) is 18.9. The van der Waals surface area contributed by atoms with Crippen LogP contribution in [-0.4, -0.2) is 35.3 Å². The Morgan fingerprint density at radius 2 is 1.61 bits per heavy atom. The molecular formula is C25H31N3O5. The Hall–Kier alpha value is -3.52. The van der Waals surface area contributed by atoms with Crippen molar-refractivity contribution in [1.82, 2.24) is 10.0 Å². The molecule has 0 fully saturated rings. The molecule has 0 aliphatic carbocycles. The van der Waals surface area contributed by atoms with Gasteiger partial charge in [0.25, 0.3) is 0 Å². The molecule has 1 aromatic heterocycles. The van der Waals surface area contributed by atoms with Gasteiger partial charge in [-0.2, -0.15) is 0 Å². The summed E-state index contributed by atoms with van der Waals surface area (Å²) in [6, 6.07) is 15.4. The molecule has 0 bridgehead atoms. The molecule has 1 heterocycles. The van der Waals surface area contributed by atoms with Crippen molar-refractivity contribution in [2.75, 3.05) is 19.0 Å². The number of nitrogens with one attached hydrogen (secondary N) is 2. The highest BCUT2D eigenvalue weighted by Crippen LogP contribution is 2.22. The van der Waals surface area contributed by atoms with E-state index < -0.39 is 0 Å². The third-order valence-corrected chi connectivity index (χ3v) is 5.40. The minimum Gasteiger partial charge on any atom is -0.497 e. The second-order valence-corrected chi connectivity index (χ2v) is 7.80. The summed E-state index contributed by atoms with van der Waals surface area (Å²) in [4.78, 5) is 23.0. The van der Waals surface area contributed by atoms with Gasteiger partial charge in [-0.05, 0) is 61.4 Å². The summed E-state index contributed by atoms with van der Waals surface area (Å²) in [6.07, 6.45) is 5.94. The summed E-state index contributed by atoms with van der Waals surface area (Å²) >= 11 is 0. The van der Waals surface area contributed by atoms with Gasteiger partial charge in [-0.1, -0.05) is 12.8 Å². The van der Waals surface area contributed by atoms with Crippen LogP contribution in [0.3, 0.4) is 0 Å². The number of ether oxygens (including phenoxy) is 2. The Labute approximate surface area is 193 Å². The smallest absolute Gasteiger partial charge is 0.243 e. The fourth-order valence-corrected chi connectivity index (χ4v) is 3.60.